The van der Waals surface area contributed by atoms with Crippen molar-refractivity contribution < 1.29 is 17.3 Å². The van der Waals surface area contributed by atoms with E-state index in [1.54, 1.807) is 19.9 Å². The number of aryl methyl sites for hydroxylation is 2. The first-order valence-corrected chi connectivity index (χ1v) is 9.71. The van der Waals surface area contributed by atoms with E-state index in [0.29, 0.717) is 24.4 Å². The molecule has 0 spiro atoms. The lowest BCUT2D eigenvalue weighted by molar-refractivity contribution is 0.389. The Hall–Kier alpha value is -2.45. The number of H-pyrrole nitrogens is 1. The maximum absolute atomic E-state index is 13.6. The summed E-state index contributed by atoms with van der Waals surface area (Å²) in [6, 6.07) is 4.61. The number of hydrogen-bond acceptors (Lipinski definition) is 4. The second-order valence-corrected chi connectivity index (χ2v) is 8.26. The summed E-state index contributed by atoms with van der Waals surface area (Å²) in [5.74, 6) is 0.00162. The van der Waals surface area contributed by atoms with Crippen LogP contribution in [0.5, 0.6) is 0 Å². The van der Waals surface area contributed by atoms with Gasteiger partial charge in [0.2, 0.25) is 10.0 Å². The monoisotopic (exact) mass is 375 g/mol. The highest BCUT2D eigenvalue weighted by molar-refractivity contribution is 7.89. The van der Waals surface area contributed by atoms with Crippen molar-refractivity contribution in [3.8, 4) is 0 Å². The topological polar surface area (TPSA) is 79.2 Å². The Morgan fingerprint density at radius 2 is 2.12 bits per heavy atom. The summed E-state index contributed by atoms with van der Waals surface area (Å²) in [7, 11) is -3.66. The summed E-state index contributed by atoms with van der Waals surface area (Å²) >= 11 is 0. The summed E-state index contributed by atoms with van der Waals surface area (Å²) in [5, 5.41) is 4.54. The van der Waals surface area contributed by atoms with Gasteiger partial charge in [-0.25, -0.2) is 12.8 Å². The number of aromatic nitrogens is 2. The number of sulfonamides is 1. The van der Waals surface area contributed by atoms with Crippen LogP contribution in [0.15, 0.2) is 39.9 Å². The maximum Gasteiger partial charge on any atom is 0.248 e. The minimum Gasteiger partial charge on any atom is -0.361 e. The van der Waals surface area contributed by atoms with Crippen molar-refractivity contribution in [2.75, 3.05) is 13.1 Å². The number of nitrogens with zero attached hydrogens (tertiary/aromatic N) is 2. The number of halogens is 1. The molecule has 1 aliphatic heterocycles. The Bertz CT molecular complexity index is 1110. The van der Waals surface area contributed by atoms with Gasteiger partial charge in [0.25, 0.3) is 0 Å². The predicted molar refractivity (Wildman–Crippen MR) is 95.6 cm³/mol. The number of hydrogen-bond donors (Lipinski definition) is 1. The fourth-order valence-corrected chi connectivity index (χ4v) is 5.12. The zero-order valence-corrected chi connectivity index (χ0v) is 15.2. The van der Waals surface area contributed by atoms with Gasteiger partial charge in [0.05, 0.1) is 0 Å². The van der Waals surface area contributed by atoms with Crippen molar-refractivity contribution in [1.82, 2.24) is 14.4 Å². The molecule has 1 aromatic carbocycles. The molecule has 2 aromatic heterocycles. The summed E-state index contributed by atoms with van der Waals surface area (Å²) in [4.78, 5) is 3.27. The third-order valence-electron chi connectivity index (χ3n) is 4.73. The first-order chi connectivity index (χ1) is 12.4. The van der Waals surface area contributed by atoms with Crippen LogP contribution in [-0.4, -0.2) is 36.0 Å². The van der Waals surface area contributed by atoms with Gasteiger partial charge in [0.1, 0.15) is 16.4 Å². The molecule has 4 rings (SSSR count). The third kappa shape index (κ3) is 2.65. The summed E-state index contributed by atoms with van der Waals surface area (Å²) in [6.45, 7) is 3.82. The van der Waals surface area contributed by atoms with Crippen LogP contribution in [0.2, 0.25) is 0 Å². The molecule has 3 aromatic rings. The molecule has 26 heavy (non-hydrogen) atoms. The Labute approximate surface area is 150 Å². The van der Waals surface area contributed by atoms with E-state index in [0.717, 1.165) is 22.0 Å². The van der Waals surface area contributed by atoms with Crippen LogP contribution < -0.4 is 0 Å². The first-order valence-electron chi connectivity index (χ1n) is 8.27. The molecule has 6 nitrogen and oxygen atoms in total. The van der Waals surface area contributed by atoms with E-state index in [1.807, 2.05) is 12.3 Å². The molecule has 1 N–H and O–H groups in total. The van der Waals surface area contributed by atoms with Gasteiger partial charge in [0.15, 0.2) is 5.76 Å². The number of nitrogens with one attached hydrogen (secondary N) is 1. The smallest absolute Gasteiger partial charge is 0.248 e. The van der Waals surface area contributed by atoms with E-state index in [9.17, 15) is 12.8 Å². The lowest BCUT2D eigenvalue weighted by atomic mass is 10.00. The van der Waals surface area contributed by atoms with Crippen molar-refractivity contribution in [3.05, 3.63) is 53.3 Å². The zero-order chi connectivity index (χ0) is 18.5. The molecule has 1 aliphatic rings. The minimum absolute atomic E-state index is 0.142. The molecule has 0 atom stereocenters. The van der Waals surface area contributed by atoms with E-state index in [2.05, 4.69) is 10.1 Å². The fourth-order valence-electron chi connectivity index (χ4n) is 3.44. The quantitative estimate of drug-likeness (QED) is 0.761. The Balaban J connectivity index is 1.65. The van der Waals surface area contributed by atoms with Gasteiger partial charge in [-0.05, 0) is 44.0 Å². The molecular weight excluding hydrogens is 357 g/mol. The number of benzene rings is 1. The highest BCUT2D eigenvalue weighted by atomic mass is 32.2. The van der Waals surface area contributed by atoms with Crippen molar-refractivity contribution in [2.45, 2.75) is 25.2 Å². The van der Waals surface area contributed by atoms with Gasteiger partial charge >= 0.3 is 0 Å². The molecule has 8 heteroatoms. The van der Waals surface area contributed by atoms with Crippen molar-refractivity contribution >= 4 is 26.5 Å². The summed E-state index contributed by atoms with van der Waals surface area (Å²) in [6.07, 6.45) is 4.27. The van der Waals surface area contributed by atoms with E-state index in [4.69, 9.17) is 4.52 Å². The van der Waals surface area contributed by atoms with Gasteiger partial charge in [0, 0.05) is 35.8 Å². The molecule has 0 fully saturated rings. The number of aromatic amines is 1. The van der Waals surface area contributed by atoms with Crippen LogP contribution in [0, 0.1) is 19.7 Å². The van der Waals surface area contributed by atoms with Crippen LogP contribution in [0.1, 0.15) is 23.4 Å². The lowest BCUT2D eigenvalue weighted by Crippen LogP contribution is -2.35. The summed E-state index contributed by atoms with van der Waals surface area (Å²) in [5.41, 5.74) is 3.14. The van der Waals surface area contributed by atoms with Crippen LogP contribution >= 0.6 is 0 Å². The molecule has 136 valence electrons. The number of rotatable bonds is 3. The molecule has 0 amide bonds. The fraction of sp³-hybridized carbons (Fsp3) is 0.278. The second-order valence-electron chi connectivity index (χ2n) is 6.39. The normalized spacial score (nSPS) is 16.2. The van der Waals surface area contributed by atoms with Crippen molar-refractivity contribution in [3.63, 3.8) is 0 Å². The lowest BCUT2D eigenvalue weighted by Gasteiger charge is -2.25. The van der Waals surface area contributed by atoms with E-state index < -0.39 is 10.0 Å². The second kappa shape index (κ2) is 6.07. The van der Waals surface area contributed by atoms with Gasteiger partial charge in [-0.2, -0.15) is 4.31 Å². The average molecular weight is 375 g/mol. The predicted octanol–water partition coefficient (Wildman–Crippen LogP) is 3.39. The van der Waals surface area contributed by atoms with Crippen LogP contribution in [0.4, 0.5) is 4.39 Å². The molecule has 0 saturated heterocycles. The van der Waals surface area contributed by atoms with E-state index >= 15 is 0 Å². The van der Waals surface area contributed by atoms with E-state index in [-0.39, 0.29) is 17.3 Å². The SMILES string of the molecule is Cc1noc(C)c1S(=O)(=O)N1CC=C(c2c[nH]c3ccc(F)cc23)CC1. The number of fused-ring (bicyclic) bond motifs is 1. The van der Waals surface area contributed by atoms with Gasteiger partial charge in [-0.15, -0.1) is 0 Å². The van der Waals surface area contributed by atoms with Crippen molar-refractivity contribution in [2.24, 2.45) is 0 Å². The van der Waals surface area contributed by atoms with Gasteiger partial charge in [-0.1, -0.05) is 11.2 Å². The Morgan fingerprint density at radius 3 is 2.77 bits per heavy atom. The first kappa shape index (κ1) is 17.0. The highest BCUT2D eigenvalue weighted by Crippen LogP contribution is 2.32. The molecule has 0 unspecified atom stereocenters. The summed E-state index contributed by atoms with van der Waals surface area (Å²) < 4.78 is 45.8. The zero-order valence-electron chi connectivity index (χ0n) is 14.4. The highest BCUT2D eigenvalue weighted by Gasteiger charge is 2.32. The molecule has 0 aliphatic carbocycles. The molecule has 3 heterocycles. The van der Waals surface area contributed by atoms with Crippen LogP contribution in [-0.2, 0) is 10.0 Å². The largest absolute Gasteiger partial charge is 0.361 e. The molecule has 0 radical (unpaired) electrons. The van der Waals surface area contributed by atoms with Crippen molar-refractivity contribution in [1.29, 1.82) is 0 Å². The molecule has 0 saturated carbocycles. The maximum atomic E-state index is 13.6. The van der Waals surface area contributed by atoms with Crippen LogP contribution in [0.25, 0.3) is 16.5 Å². The molecule has 0 bridgehead atoms. The van der Waals surface area contributed by atoms with E-state index in [1.165, 1.54) is 16.4 Å². The Morgan fingerprint density at radius 1 is 1.31 bits per heavy atom. The van der Waals surface area contributed by atoms with Crippen LogP contribution in [0.3, 0.4) is 0 Å². The molecular formula is C18H18FN3O3S. The standard InChI is InChI=1S/C18H18FN3O3S/c1-11-18(12(2)25-21-11)26(23,24)22-7-5-13(6-8-22)16-10-20-17-4-3-14(19)9-15(16)17/h3-5,9-10,20H,6-8H2,1-2H3. The van der Waals surface area contributed by atoms with Gasteiger partial charge < -0.3 is 9.51 Å². The van der Waals surface area contributed by atoms with Gasteiger partial charge in [-0.3, -0.25) is 0 Å². The average Bonchev–Trinajstić information content (AvgIpc) is 3.18. The Kier molecular flexibility index (Phi) is 3.96. The third-order valence-corrected chi connectivity index (χ3v) is 6.84. The minimum atomic E-state index is -3.66.